The van der Waals surface area contributed by atoms with Gasteiger partial charge in [0.05, 0.1) is 5.75 Å². The van der Waals surface area contributed by atoms with Gasteiger partial charge in [-0.2, -0.15) is 8.42 Å². The zero-order valence-electron chi connectivity index (χ0n) is 11.6. The van der Waals surface area contributed by atoms with Crippen molar-refractivity contribution in [2.24, 2.45) is 0 Å². The molecule has 136 valence electrons. The van der Waals surface area contributed by atoms with Crippen LogP contribution in [-0.4, -0.2) is 40.5 Å². The Labute approximate surface area is 130 Å². The molecule has 1 N–H and O–H groups in total. The van der Waals surface area contributed by atoms with Gasteiger partial charge in [-0.05, 0) is 6.92 Å². The van der Waals surface area contributed by atoms with Gasteiger partial charge >= 0.3 is 40.6 Å². The molecule has 0 radical (unpaired) electrons. The Morgan fingerprint density at radius 1 is 0.727 bits per heavy atom. The molecule has 0 aromatic heterocycles. The van der Waals surface area contributed by atoms with Gasteiger partial charge in [0.25, 0.3) is 10.1 Å². The predicted octanol–water partition coefficient (Wildman–Crippen LogP) is 0.911. The monoisotopic (exact) mass is 379 g/mol. The summed E-state index contributed by atoms with van der Waals surface area (Å²) in [6.45, 7) is 1.37. The van der Waals surface area contributed by atoms with Crippen LogP contribution in [0.4, 0.5) is 51.8 Å². The van der Waals surface area contributed by atoms with Gasteiger partial charge in [-0.3, -0.25) is 4.55 Å². The van der Waals surface area contributed by atoms with E-state index < -0.39 is 31.9 Å². The molecule has 20 heteroatoms. The average Bonchev–Trinajstić information content (AvgIpc) is 1.91. The Kier molecular flexibility index (Phi) is 20.3. The Balaban J connectivity index is -0.0000000408. The summed E-state index contributed by atoms with van der Waals surface area (Å²) in [7, 11) is -21.7. The standard InChI is InChI=1S/C2H6O3S.3BF4.Li.H/c1-2-6(3,4)5;3*2-1(3,4)5;;/h2H2,1H3,(H,3,4,5);;;;;/q;3*-1;+1;-1. The fraction of sp³-hybridized carbons (Fsp3) is 1.00. The van der Waals surface area contributed by atoms with Crippen molar-refractivity contribution < 1.29 is 85.0 Å². The molecule has 0 aromatic carbocycles. The molecule has 0 saturated carbocycles. The van der Waals surface area contributed by atoms with Gasteiger partial charge in [0.1, 0.15) is 0 Å². The molecular formula is C2H7B3F12LiO3S-3. The molecule has 0 aromatic rings. The summed E-state index contributed by atoms with van der Waals surface area (Å²) >= 11 is 0. The smallest absolute Gasteiger partial charge is 1.00 e. The molecule has 22 heavy (non-hydrogen) atoms. The van der Waals surface area contributed by atoms with Crippen LogP contribution in [0.5, 0.6) is 0 Å². The molecule has 0 aliphatic rings. The first-order valence-electron chi connectivity index (χ1n) is 4.13. The van der Waals surface area contributed by atoms with Crippen LogP contribution in [0, 0.1) is 0 Å². The van der Waals surface area contributed by atoms with Crippen LogP contribution in [0.15, 0.2) is 0 Å². The Hall–Kier alpha value is -0.138. The summed E-state index contributed by atoms with van der Waals surface area (Å²) in [4.78, 5) is 0. The summed E-state index contributed by atoms with van der Waals surface area (Å²) in [6, 6.07) is 0. The van der Waals surface area contributed by atoms with Gasteiger partial charge in [-0.15, -0.1) is 0 Å². The molecule has 0 amide bonds. The van der Waals surface area contributed by atoms with E-state index in [-0.39, 0.29) is 26.0 Å². The molecule has 0 atom stereocenters. The summed E-state index contributed by atoms with van der Waals surface area (Å²) in [5.41, 5.74) is 0. The van der Waals surface area contributed by atoms with E-state index in [1.165, 1.54) is 6.92 Å². The third-order valence-corrected chi connectivity index (χ3v) is 1.09. The Morgan fingerprint density at radius 2 is 0.773 bits per heavy atom. The van der Waals surface area contributed by atoms with Crippen LogP contribution in [0.25, 0.3) is 0 Å². The molecule has 0 spiro atoms. The van der Waals surface area contributed by atoms with E-state index >= 15 is 0 Å². The summed E-state index contributed by atoms with van der Waals surface area (Å²) in [5.74, 6) is -0.201. The van der Waals surface area contributed by atoms with Crippen molar-refractivity contribution >= 4 is 31.9 Å². The summed E-state index contributed by atoms with van der Waals surface area (Å²) in [5, 5.41) is 0. The van der Waals surface area contributed by atoms with Crippen LogP contribution in [0.2, 0.25) is 0 Å². The van der Waals surface area contributed by atoms with Gasteiger partial charge in [-0.25, -0.2) is 0 Å². The molecule has 0 saturated heterocycles. The van der Waals surface area contributed by atoms with Crippen molar-refractivity contribution in [1.29, 1.82) is 0 Å². The van der Waals surface area contributed by atoms with Crippen LogP contribution in [0.3, 0.4) is 0 Å². The first-order valence-corrected chi connectivity index (χ1v) is 5.74. The minimum atomic E-state index is -6.00. The van der Waals surface area contributed by atoms with Crippen LogP contribution >= 0.6 is 0 Å². The average molecular weight is 378 g/mol. The normalized spacial score (nSPS) is 11.4. The maximum Gasteiger partial charge on any atom is 1.00 e. The Morgan fingerprint density at radius 3 is 0.773 bits per heavy atom. The van der Waals surface area contributed by atoms with E-state index in [1.807, 2.05) is 0 Å². The first kappa shape index (κ1) is 33.5. The summed E-state index contributed by atoms with van der Waals surface area (Å²) < 4.78 is 144. The van der Waals surface area contributed by atoms with Gasteiger partial charge in [0.2, 0.25) is 0 Å². The zero-order valence-corrected chi connectivity index (χ0v) is 11.5. The second-order valence-corrected chi connectivity index (χ2v) is 4.10. The molecule has 0 bridgehead atoms. The fourth-order valence-electron chi connectivity index (χ4n) is 0. The van der Waals surface area contributed by atoms with Gasteiger partial charge in [0.15, 0.2) is 0 Å². The van der Waals surface area contributed by atoms with Crippen molar-refractivity contribution in [3.8, 4) is 0 Å². The molecular weight excluding hydrogens is 371 g/mol. The maximum atomic E-state index is 9.75. The predicted molar refractivity (Wildman–Crippen MR) is 53.8 cm³/mol. The number of hydrogen-bond acceptors (Lipinski definition) is 2. The topological polar surface area (TPSA) is 54.4 Å². The van der Waals surface area contributed by atoms with Gasteiger partial charge in [-0.1, -0.05) is 0 Å². The molecule has 0 aliphatic heterocycles. The quantitative estimate of drug-likeness (QED) is 0.419. The van der Waals surface area contributed by atoms with Crippen molar-refractivity contribution in [3.63, 3.8) is 0 Å². The maximum absolute atomic E-state index is 9.75. The van der Waals surface area contributed by atoms with Crippen molar-refractivity contribution in [2.45, 2.75) is 6.92 Å². The van der Waals surface area contributed by atoms with Crippen molar-refractivity contribution in [1.82, 2.24) is 0 Å². The minimum absolute atomic E-state index is 0. The molecule has 0 unspecified atom stereocenters. The van der Waals surface area contributed by atoms with Gasteiger partial charge in [0, 0.05) is 0 Å². The van der Waals surface area contributed by atoms with Crippen LogP contribution in [-0.2, 0) is 10.1 Å². The van der Waals surface area contributed by atoms with Gasteiger partial charge < -0.3 is 53.2 Å². The number of rotatable bonds is 1. The molecule has 0 heterocycles. The van der Waals surface area contributed by atoms with Crippen molar-refractivity contribution in [2.75, 3.05) is 5.75 Å². The van der Waals surface area contributed by atoms with E-state index in [4.69, 9.17) is 4.55 Å². The second kappa shape index (κ2) is 13.3. The van der Waals surface area contributed by atoms with Crippen LogP contribution in [0.1, 0.15) is 8.35 Å². The Bertz CT molecular complexity index is 294. The van der Waals surface area contributed by atoms with E-state index in [1.54, 1.807) is 0 Å². The third kappa shape index (κ3) is 863. The van der Waals surface area contributed by atoms with E-state index in [9.17, 15) is 60.2 Å². The summed E-state index contributed by atoms with van der Waals surface area (Å²) in [6.07, 6.45) is 0. The molecule has 0 rings (SSSR count). The molecule has 3 nitrogen and oxygen atoms in total. The number of hydrogen-bond donors (Lipinski definition) is 1. The van der Waals surface area contributed by atoms with E-state index in [0.717, 1.165) is 0 Å². The zero-order chi connectivity index (χ0) is 18.7. The fourth-order valence-corrected chi connectivity index (χ4v) is 0. The van der Waals surface area contributed by atoms with Crippen LogP contribution < -0.4 is 18.9 Å². The molecule has 0 aliphatic carbocycles. The first-order chi connectivity index (χ1) is 8.56. The second-order valence-electron chi connectivity index (χ2n) is 2.36. The largest absolute Gasteiger partial charge is 1.00 e. The third-order valence-electron chi connectivity index (χ3n) is 0.365. The minimum Gasteiger partial charge on any atom is -1.00 e. The molecule has 0 fully saturated rings. The SMILES string of the molecule is CCS(=O)(=O)O.F[B-](F)(F)F.F[B-](F)(F)F.F[B-](F)(F)F.[H-].[Li+]. The van der Waals surface area contributed by atoms with Crippen molar-refractivity contribution in [3.05, 3.63) is 0 Å². The number of halogens is 12. The van der Waals surface area contributed by atoms with E-state index in [2.05, 4.69) is 0 Å². The van der Waals surface area contributed by atoms with E-state index in [0.29, 0.717) is 0 Å².